The largest absolute Gasteiger partial charge is 0.472 e. The smallest absolute Gasteiger partial charge is 0.336 e. The molecule has 0 aliphatic carbocycles. The van der Waals surface area contributed by atoms with E-state index in [1.165, 1.54) is 16.8 Å². The lowest BCUT2D eigenvalue weighted by atomic mass is 9.98. The number of ether oxygens (including phenoxy) is 1. The van der Waals surface area contributed by atoms with Crippen molar-refractivity contribution in [1.29, 1.82) is 0 Å². The molecule has 0 atom stereocenters. The molecule has 4 nitrogen and oxygen atoms in total. The van der Waals surface area contributed by atoms with Crippen molar-refractivity contribution in [3.63, 3.8) is 0 Å². The molecule has 1 aromatic heterocycles. The molecule has 1 aliphatic rings. The topological polar surface area (TPSA) is 42.7 Å². The molecule has 2 aromatic carbocycles. The van der Waals surface area contributed by atoms with E-state index in [4.69, 9.17) is 9.15 Å². The number of anilines is 1. The van der Waals surface area contributed by atoms with Gasteiger partial charge in [0.05, 0.1) is 0 Å². The van der Waals surface area contributed by atoms with Crippen LogP contribution in [0.25, 0.3) is 11.0 Å². The Morgan fingerprint density at radius 2 is 1.93 bits per heavy atom. The summed E-state index contributed by atoms with van der Waals surface area (Å²) in [6.07, 6.45) is 1.85. The number of rotatable bonds is 3. The van der Waals surface area contributed by atoms with E-state index in [0.29, 0.717) is 12.3 Å². The summed E-state index contributed by atoms with van der Waals surface area (Å²) in [7, 11) is 0. The van der Waals surface area contributed by atoms with E-state index >= 15 is 0 Å². The fourth-order valence-electron chi connectivity index (χ4n) is 3.99. The lowest BCUT2D eigenvalue weighted by molar-refractivity contribution is 0.287. The number of fused-ring (bicyclic) bond motifs is 2. The van der Waals surface area contributed by atoms with Gasteiger partial charge in [0.2, 0.25) is 0 Å². The van der Waals surface area contributed by atoms with Crippen molar-refractivity contribution in [3.8, 4) is 5.75 Å². The summed E-state index contributed by atoms with van der Waals surface area (Å²) in [5.41, 5.74) is 7.23. The summed E-state index contributed by atoms with van der Waals surface area (Å²) in [5.74, 6) is 0.848. The molecule has 140 valence electrons. The predicted molar refractivity (Wildman–Crippen MR) is 109 cm³/mol. The summed E-state index contributed by atoms with van der Waals surface area (Å²) >= 11 is 0. The van der Waals surface area contributed by atoms with Gasteiger partial charge in [-0.3, -0.25) is 0 Å². The fourth-order valence-corrected chi connectivity index (χ4v) is 3.99. The van der Waals surface area contributed by atoms with Gasteiger partial charge in [-0.15, -0.1) is 0 Å². The van der Waals surface area contributed by atoms with Gasteiger partial charge in [-0.2, -0.15) is 0 Å². The second-order valence-electron chi connectivity index (χ2n) is 7.40. The molecular formula is C23H25NO3. The van der Waals surface area contributed by atoms with Crippen LogP contribution in [0.5, 0.6) is 5.75 Å². The lowest BCUT2D eigenvalue weighted by Gasteiger charge is -2.33. The minimum absolute atomic E-state index is 0.290. The van der Waals surface area contributed by atoms with E-state index < -0.39 is 0 Å². The second kappa shape index (κ2) is 6.76. The van der Waals surface area contributed by atoms with Crippen molar-refractivity contribution in [2.24, 2.45) is 0 Å². The third kappa shape index (κ3) is 2.99. The minimum Gasteiger partial charge on any atom is -0.472 e. The van der Waals surface area contributed by atoms with E-state index in [0.717, 1.165) is 47.2 Å². The number of hydrogen-bond donors (Lipinski definition) is 0. The van der Waals surface area contributed by atoms with Crippen LogP contribution in [-0.4, -0.2) is 6.73 Å². The van der Waals surface area contributed by atoms with Gasteiger partial charge in [0.15, 0.2) is 6.73 Å². The van der Waals surface area contributed by atoms with Gasteiger partial charge in [0.25, 0.3) is 0 Å². The van der Waals surface area contributed by atoms with E-state index in [1.54, 1.807) is 6.07 Å². The highest BCUT2D eigenvalue weighted by Gasteiger charge is 2.24. The van der Waals surface area contributed by atoms with Gasteiger partial charge in [-0.25, -0.2) is 4.79 Å². The van der Waals surface area contributed by atoms with E-state index in [9.17, 15) is 4.79 Å². The lowest BCUT2D eigenvalue weighted by Crippen LogP contribution is -2.33. The van der Waals surface area contributed by atoms with Crippen LogP contribution in [0.3, 0.4) is 0 Å². The Balaban J connectivity index is 1.83. The highest BCUT2D eigenvalue weighted by atomic mass is 16.5. The van der Waals surface area contributed by atoms with Crippen LogP contribution >= 0.6 is 0 Å². The first-order valence-corrected chi connectivity index (χ1v) is 9.52. The van der Waals surface area contributed by atoms with Crippen molar-refractivity contribution in [3.05, 3.63) is 68.6 Å². The van der Waals surface area contributed by atoms with E-state index in [-0.39, 0.29) is 5.63 Å². The number of aryl methyl sites for hydroxylation is 3. The van der Waals surface area contributed by atoms with Crippen molar-refractivity contribution in [2.45, 2.75) is 47.1 Å². The van der Waals surface area contributed by atoms with Gasteiger partial charge in [0, 0.05) is 34.8 Å². The molecular weight excluding hydrogens is 338 g/mol. The standard InChI is InChI=1S/C23H25NO3/c1-5-7-17-11-21(25)27-23-16(4)22-18(10-19(17)23)12-24(13-26-22)20-9-6-8-14(2)15(20)3/h6,8-11H,5,7,12-13H2,1-4H3. The molecule has 0 radical (unpaired) electrons. The highest BCUT2D eigenvalue weighted by Crippen LogP contribution is 2.37. The molecule has 0 saturated carbocycles. The van der Waals surface area contributed by atoms with Crippen LogP contribution in [0.4, 0.5) is 5.69 Å². The maximum atomic E-state index is 12.0. The molecule has 27 heavy (non-hydrogen) atoms. The van der Waals surface area contributed by atoms with Gasteiger partial charge in [-0.05, 0) is 56.0 Å². The normalized spacial score (nSPS) is 13.6. The number of hydrogen-bond acceptors (Lipinski definition) is 4. The van der Waals surface area contributed by atoms with Crippen molar-refractivity contribution in [1.82, 2.24) is 0 Å². The Kier molecular flexibility index (Phi) is 4.42. The maximum Gasteiger partial charge on any atom is 0.336 e. The molecule has 4 heteroatoms. The molecule has 3 aromatic rings. The van der Waals surface area contributed by atoms with Crippen LogP contribution in [0.15, 0.2) is 39.5 Å². The number of benzene rings is 2. The molecule has 4 rings (SSSR count). The van der Waals surface area contributed by atoms with Gasteiger partial charge >= 0.3 is 5.63 Å². The van der Waals surface area contributed by atoms with Crippen molar-refractivity contribution < 1.29 is 9.15 Å². The Hall–Kier alpha value is -2.75. The molecule has 0 amide bonds. The van der Waals surface area contributed by atoms with Crippen LogP contribution < -0.4 is 15.3 Å². The molecule has 0 unspecified atom stereocenters. The third-order valence-electron chi connectivity index (χ3n) is 5.54. The highest BCUT2D eigenvalue weighted by molar-refractivity contribution is 5.86. The average Bonchev–Trinajstić information content (AvgIpc) is 2.65. The third-order valence-corrected chi connectivity index (χ3v) is 5.54. The summed E-state index contributed by atoms with van der Waals surface area (Å²) in [4.78, 5) is 14.2. The zero-order valence-corrected chi connectivity index (χ0v) is 16.4. The zero-order chi connectivity index (χ0) is 19.1. The summed E-state index contributed by atoms with van der Waals surface area (Å²) in [6, 6.07) is 10.1. The molecule has 0 fully saturated rings. The predicted octanol–water partition coefficient (Wildman–Crippen LogP) is 5.03. The molecule has 0 N–H and O–H groups in total. The van der Waals surface area contributed by atoms with E-state index in [2.05, 4.69) is 49.9 Å². The molecule has 0 bridgehead atoms. The number of nitrogens with zero attached hydrogens (tertiary/aromatic N) is 1. The Labute approximate surface area is 159 Å². The van der Waals surface area contributed by atoms with Crippen molar-refractivity contribution in [2.75, 3.05) is 11.6 Å². The molecule has 0 spiro atoms. The first kappa shape index (κ1) is 17.7. The second-order valence-corrected chi connectivity index (χ2v) is 7.40. The summed E-state index contributed by atoms with van der Waals surface area (Å²) in [5, 5.41) is 1.03. The molecule has 1 aliphatic heterocycles. The molecule has 2 heterocycles. The van der Waals surface area contributed by atoms with E-state index in [1.807, 2.05) is 6.92 Å². The Morgan fingerprint density at radius 3 is 2.70 bits per heavy atom. The van der Waals surface area contributed by atoms with Crippen LogP contribution in [-0.2, 0) is 13.0 Å². The van der Waals surface area contributed by atoms with Crippen molar-refractivity contribution >= 4 is 16.7 Å². The summed E-state index contributed by atoms with van der Waals surface area (Å²) < 4.78 is 11.7. The van der Waals surface area contributed by atoms with Gasteiger partial charge < -0.3 is 14.1 Å². The monoisotopic (exact) mass is 363 g/mol. The average molecular weight is 363 g/mol. The summed E-state index contributed by atoms with van der Waals surface area (Å²) in [6.45, 7) is 9.65. The quantitative estimate of drug-likeness (QED) is 0.612. The SMILES string of the molecule is CCCc1cc(=O)oc2c(C)c3c(cc12)CN(c1cccc(C)c1C)CO3. The first-order chi connectivity index (χ1) is 13.0. The van der Waals surface area contributed by atoms with Crippen LogP contribution in [0.1, 0.15) is 41.2 Å². The minimum atomic E-state index is -0.290. The van der Waals surface area contributed by atoms with Crippen LogP contribution in [0, 0.1) is 20.8 Å². The first-order valence-electron chi connectivity index (χ1n) is 9.52. The zero-order valence-electron chi connectivity index (χ0n) is 16.4. The van der Waals surface area contributed by atoms with Gasteiger partial charge in [-0.1, -0.05) is 25.5 Å². The Morgan fingerprint density at radius 1 is 1.11 bits per heavy atom. The van der Waals surface area contributed by atoms with Crippen LogP contribution in [0.2, 0.25) is 0 Å². The Bertz CT molecular complexity index is 1080. The maximum absolute atomic E-state index is 12.0. The fraction of sp³-hybridized carbons (Fsp3) is 0.348. The van der Waals surface area contributed by atoms with Gasteiger partial charge in [0.1, 0.15) is 11.3 Å². The molecule has 0 saturated heterocycles.